The average molecular weight is 327 g/mol. The van der Waals surface area contributed by atoms with Crippen LogP contribution in [0.15, 0.2) is 12.1 Å². The minimum absolute atomic E-state index is 0.0179. The van der Waals surface area contributed by atoms with Gasteiger partial charge in [-0.25, -0.2) is 4.39 Å². The third-order valence-electron chi connectivity index (χ3n) is 2.15. The van der Waals surface area contributed by atoms with Gasteiger partial charge in [0.25, 0.3) is 0 Å². The number of rotatable bonds is 5. The van der Waals surface area contributed by atoms with E-state index in [0.717, 1.165) is 19.2 Å². The predicted molar refractivity (Wildman–Crippen MR) is 61.4 cm³/mol. The molecule has 0 saturated heterocycles. The van der Waals surface area contributed by atoms with E-state index in [9.17, 15) is 18.0 Å². The van der Waals surface area contributed by atoms with Crippen LogP contribution in [0.2, 0.25) is 0 Å². The van der Waals surface area contributed by atoms with Crippen molar-refractivity contribution < 1.29 is 27.4 Å². The normalized spacial score (nSPS) is 10.6. The van der Waals surface area contributed by atoms with Crippen molar-refractivity contribution in [2.24, 2.45) is 0 Å². The van der Waals surface area contributed by atoms with E-state index >= 15 is 0 Å². The van der Waals surface area contributed by atoms with Crippen molar-refractivity contribution in [3.8, 4) is 5.75 Å². The van der Waals surface area contributed by atoms with Crippen LogP contribution in [0.1, 0.15) is 11.1 Å². The molecule has 100 valence electrons. The molecule has 0 aliphatic heterocycles. The topological polar surface area (TPSA) is 35.5 Å². The van der Waals surface area contributed by atoms with Gasteiger partial charge in [0.05, 0.1) is 13.5 Å². The van der Waals surface area contributed by atoms with E-state index in [2.05, 4.69) is 25.4 Å². The quantitative estimate of drug-likeness (QED) is 0.616. The Balaban J connectivity index is 3.12. The first kappa shape index (κ1) is 14.8. The SMILES string of the molecule is COC(=O)Cc1cc(F)c(CBr)cc1OC(F)F. The zero-order valence-electron chi connectivity index (χ0n) is 9.38. The Kier molecular flexibility index (Phi) is 5.46. The number of carbonyl (C=O) groups excluding carboxylic acids is 1. The molecule has 0 N–H and O–H groups in total. The molecule has 1 rings (SSSR count). The fourth-order valence-corrected chi connectivity index (χ4v) is 1.74. The van der Waals surface area contributed by atoms with Crippen molar-refractivity contribution in [2.45, 2.75) is 18.4 Å². The minimum atomic E-state index is -3.05. The molecule has 0 atom stereocenters. The minimum Gasteiger partial charge on any atom is -0.469 e. The lowest BCUT2D eigenvalue weighted by molar-refractivity contribution is -0.139. The van der Waals surface area contributed by atoms with E-state index in [4.69, 9.17) is 0 Å². The lowest BCUT2D eigenvalue weighted by Gasteiger charge is -2.12. The van der Waals surface area contributed by atoms with Crippen LogP contribution in [-0.4, -0.2) is 19.7 Å². The van der Waals surface area contributed by atoms with Gasteiger partial charge in [-0.1, -0.05) is 15.9 Å². The molecule has 0 bridgehead atoms. The van der Waals surface area contributed by atoms with Crippen LogP contribution in [0.5, 0.6) is 5.75 Å². The molecular formula is C11H10BrF3O3. The number of halogens is 4. The maximum Gasteiger partial charge on any atom is 0.387 e. The standard InChI is InChI=1S/C11H10BrF3O3/c1-17-10(16)4-6-2-8(13)7(5-12)3-9(6)18-11(14)15/h2-3,11H,4-5H2,1H3. The van der Waals surface area contributed by atoms with Crippen LogP contribution < -0.4 is 4.74 Å². The third-order valence-corrected chi connectivity index (χ3v) is 2.76. The van der Waals surface area contributed by atoms with Crippen LogP contribution in [0.3, 0.4) is 0 Å². The average Bonchev–Trinajstić information content (AvgIpc) is 2.31. The number of hydrogen-bond donors (Lipinski definition) is 0. The van der Waals surface area contributed by atoms with Gasteiger partial charge in [0, 0.05) is 16.5 Å². The molecule has 18 heavy (non-hydrogen) atoms. The molecule has 0 spiro atoms. The highest BCUT2D eigenvalue weighted by atomic mass is 79.9. The van der Waals surface area contributed by atoms with E-state index in [0.29, 0.717) is 0 Å². The van der Waals surface area contributed by atoms with Gasteiger partial charge in [-0.2, -0.15) is 8.78 Å². The van der Waals surface area contributed by atoms with Gasteiger partial charge in [0.2, 0.25) is 0 Å². The summed E-state index contributed by atoms with van der Waals surface area (Å²) in [7, 11) is 1.15. The third kappa shape index (κ3) is 3.90. The number of ether oxygens (including phenoxy) is 2. The smallest absolute Gasteiger partial charge is 0.387 e. The molecule has 0 saturated carbocycles. The molecule has 0 aromatic heterocycles. The van der Waals surface area contributed by atoms with Gasteiger partial charge in [-0.3, -0.25) is 4.79 Å². The summed E-state index contributed by atoms with van der Waals surface area (Å²) in [5.74, 6) is -1.50. The zero-order valence-corrected chi connectivity index (χ0v) is 11.0. The Hall–Kier alpha value is -1.24. The Labute approximate surface area is 110 Å². The molecule has 1 aromatic rings. The summed E-state index contributed by atoms with van der Waals surface area (Å²) in [4.78, 5) is 11.1. The summed E-state index contributed by atoms with van der Waals surface area (Å²) in [5, 5.41) is 0.150. The van der Waals surface area contributed by atoms with E-state index in [-0.39, 0.29) is 28.6 Å². The maximum atomic E-state index is 13.5. The monoisotopic (exact) mass is 326 g/mol. The lowest BCUT2D eigenvalue weighted by Crippen LogP contribution is -2.10. The largest absolute Gasteiger partial charge is 0.469 e. The van der Waals surface area contributed by atoms with E-state index in [1.807, 2.05) is 0 Å². The fourth-order valence-electron chi connectivity index (χ4n) is 1.31. The second kappa shape index (κ2) is 6.63. The van der Waals surface area contributed by atoms with E-state index in [1.165, 1.54) is 0 Å². The van der Waals surface area contributed by atoms with Crippen LogP contribution >= 0.6 is 15.9 Å². The van der Waals surface area contributed by atoms with E-state index < -0.39 is 18.4 Å². The predicted octanol–water partition coefficient (Wildman–Crippen LogP) is 3.04. The second-order valence-electron chi connectivity index (χ2n) is 3.32. The molecule has 0 aliphatic rings. The summed E-state index contributed by atoms with van der Waals surface area (Å²) in [5.41, 5.74) is 0.184. The Morgan fingerprint density at radius 1 is 1.39 bits per heavy atom. The number of esters is 1. The molecule has 0 fully saturated rings. The Morgan fingerprint density at radius 3 is 2.56 bits per heavy atom. The maximum absolute atomic E-state index is 13.5. The van der Waals surface area contributed by atoms with Gasteiger partial charge in [0.15, 0.2) is 0 Å². The van der Waals surface area contributed by atoms with Crippen molar-refractivity contribution >= 4 is 21.9 Å². The molecule has 0 radical (unpaired) electrons. The summed E-state index contributed by atoms with van der Waals surface area (Å²) >= 11 is 3.02. The van der Waals surface area contributed by atoms with Crippen molar-refractivity contribution in [1.29, 1.82) is 0 Å². The van der Waals surface area contributed by atoms with Gasteiger partial charge >= 0.3 is 12.6 Å². The Bertz CT molecular complexity index is 438. The summed E-state index contributed by atoms with van der Waals surface area (Å²) in [6.45, 7) is -3.05. The first-order chi connectivity index (χ1) is 8.47. The highest BCUT2D eigenvalue weighted by molar-refractivity contribution is 9.08. The van der Waals surface area contributed by atoms with Crippen molar-refractivity contribution in [3.63, 3.8) is 0 Å². The van der Waals surface area contributed by atoms with Crippen LogP contribution in [0.25, 0.3) is 0 Å². The fraction of sp³-hybridized carbons (Fsp3) is 0.364. The molecule has 0 aliphatic carbocycles. The second-order valence-corrected chi connectivity index (χ2v) is 3.88. The molecule has 0 heterocycles. The first-order valence-electron chi connectivity index (χ1n) is 4.86. The zero-order chi connectivity index (χ0) is 13.7. The highest BCUT2D eigenvalue weighted by Gasteiger charge is 2.16. The highest BCUT2D eigenvalue weighted by Crippen LogP contribution is 2.27. The summed E-state index contributed by atoms with van der Waals surface area (Å²) in [6.07, 6.45) is -0.335. The first-order valence-corrected chi connectivity index (χ1v) is 5.99. The van der Waals surface area contributed by atoms with Crippen molar-refractivity contribution in [2.75, 3.05) is 7.11 Å². The number of hydrogen-bond acceptors (Lipinski definition) is 3. The molecule has 3 nitrogen and oxygen atoms in total. The molecule has 0 amide bonds. The van der Waals surface area contributed by atoms with Gasteiger partial charge in [-0.05, 0) is 12.1 Å². The Morgan fingerprint density at radius 2 is 2.06 bits per heavy atom. The van der Waals surface area contributed by atoms with Crippen molar-refractivity contribution in [1.82, 2.24) is 0 Å². The molecular weight excluding hydrogens is 317 g/mol. The molecule has 0 unspecified atom stereocenters. The number of alkyl halides is 3. The molecule has 1 aromatic carbocycles. The van der Waals surface area contributed by atoms with E-state index in [1.54, 1.807) is 0 Å². The van der Waals surface area contributed by atoms with Crippen molar-refractivity contribution in [3.05, 3.63) is 29.1 Å². The van der Waals surface area contributed by atoms with Crippen LogP contribution in [0.4, 0.5) is 13.2 Å². The number of benzene rings is 1. The summed E-state index contributed by atoms with van der Waals surface area (Å²) in [6, 6.07) is 2.12. The van der Waals surface area contributed by atoms with Gasteiger partial charge < -0.3 is 9.47 Å². The van der Waals surface area contributed by atoms with Gasteiger partial charge in [-0.15, -0.1) is 0 Å². The number of carbonyl (C=O) groups is 1. The van der Waals surface area contributed by atoms with Crippen LogP contribution in [0, 0.1) is 5.82 Å². The molecule has 7 heteroatoms. The lowest BCUT2D eigenvalue weighted by atomic mass is 10.1. The summed E-state index contributed by atoms with van der Waals surface area (Å²) < 4.78 is 46.6. The van der Waals surface area contributed by atoms with Gasteiger partial charge in [0.1, 0.15) is 11.6 Å². The van der Waals surface area contributed by atoms with Crippen LogP contribution in [-0.2, 0) is 21.3 Å². The number of methoxy groups -OCH3 is 1.